The molecule has 0 atom stereocenters. The summed E-state index contributed by atoms with van der Waals surface area (Å²) in [5.41, 5.74) is 0.938. The summed E-state index contributed by atoms with van der Waals surface area (Å²) in [5.74, 6) is 0.855. The van der Waals surface area contributed by atoms with Crippen molar-refractivity contribution < 1.29 is 9.53 Å². The Hall–Kier alpha value is -2.34. The molecule has 0 bridgehead atoms. The number of carbonyl (C=O) groups is 1. The lowest BCUT2D eigenvalue weighted by molar-refractivity contribution is 0.0317. The van der Waals surface area contributed by atoms with E-state index in [-0.39, 0.29) is 12.1 Å². The van der Waals surface area contributed by atoms with Crippen molar-refractivity contribution in [1.82, 2.24) is 19.7 Å². The zero-order valence-electron chi connectivity index (χ0n) is 16.3. The Kier molecular flexibility index (Phi) is 4.81. The first-order chi connectivity index (χ1) is 13.8. The van der Waals surface area contributed by atoms with Crippen LogP contribution >= 0.6 is 0 Å². The highest BCUT2D eigenvalue weighted by Crippen LogP contribution is 2.28. The highest BCUT2D eigenvalue weighted by Gasteiger charge is 2.36. The van der Waals surface area contributed by atoms with E-state index < -0.39 is 0 Å². The van der Waals surface area contributed by atoms with Gasteiger partial charge in [-0.1, -0.05) is 18.6 Å². The van der Waals surface area contributed by atoms with Gasteiger partial charge in [-0.05, 0) is 37.5 Å². The molecule has 6 nitrogen and oxygen atoms in total. The maximum Gasteiger partial charge on any atom is 0.320 e. The number of urea groups is 1. The molecule has 1 aromatic carbocycles. The van der Waals surface area contributed by atoms with Crippen LogP contribution in [0.4, 0.5) is 4.79 Å². The van der Waals surface area contributed by atoms with Gasteiger partial charge in [-0.2, -0.15) is 0 Å². The van der Waals surface area contributed by atoms with Crippen molar-refractivity contribution in [3.63, 3.8) is 0 Å². The molecule has 2 aromatic rings. The van der Waals surface area contributed by atoms with E-state index in [4.69, 9.17) is 4.74 Å². The number of rotatable bonds is 3. The SMILES string of the molecule is O=C(N1CCCN(C2CCC2)CC1)N1CC(Oc2ccnc3ccccc23)C1. The number of para-hydroxylation sites is 1. The van der Waals surface area contributed by atoms with E-state index in [9.17, 15) is 4.79 Å². The molecule has 6 heteroatoms. The normalized spacial score (nSPS) is 21.9. The van der Waals surface area contributed by atoms with Gasteiger partial charge < -0.3 is 14.5 Å². The fraction of sp³-hybridized carbons (Fsp3) is 0.545. The van der Waals surface area contributed by atoms with Crippen LogP contribution in [0, 0.1) is 0 Å². The minimum Gasteiger partial charge on any atom is -0.486 e. The summed E-state index contributed by atoms with van der Waals surface area (Å²) in [6.45, 7) is 5.21. The lowest BCUT2D eigenvalue weighted by Crippen LogP contribution is -2.60. The second-order valence-electron chi connectivity index (χ2n) is 8.21. The fourth-order valence-electron chi connectivity index (χ4n) is 4.47. The van der Waals surface area contributed by atoms with Crippen LogP contribution in [-0.2, 0) is 0 Å². The second kappa shape index (κ2) is 7.59. The summed E-state index contributed by atoms with van der Waals surface area (Å²) >= 11 is 0. The van der Waals surface area contributed by atoms with E-state index in [1.54, 1.807) is 6.20 Å². The van der Waals surface area contributed by atoms with Gasteiger partial charge in [-0.3, -0.25) is 9.88 Å². The van der Waals surface area contributed by atoms with E-state index in [1.165, 1.54) is 19.3 Å². The van der Waals surface area contributed by atoms with E-state index in [2.05, 4.69) is 9.88 Å². The van der Waals surface area contributed by atoms with Crippen molar-refractivity contribution in [3.8, 4) is 5.75 Å². The zero-order valence-corrected chi connectivity index (χ0v) is 16.3. The largest absolute Gasteiger partial charge is 0.486 e. The molecule has 1 aromatic heterocycles. The van der Waals surface area contributed by atoms with Crippen LogP contribution < -0.4 is 4.74 Å². The minimum absolute atomic E-state index is 0.0632. The Morgan fingerprint density at radius 3 is 2.64 bits per heavy atom. The number of amides is 2. The second-order valence-corrected chi connectivity index (χ2v) is 8.21. The van der Waals surface area contributed by atoms with Gasteiger partial charge in [0.2, 0.25) is 0 Å². The van der Waals surface area contributed by atoms with Gasteiger partial charge in [0.05, 0.1) is 18.6 Å². The van der Waals surface area contributed by atoms with Crippen LogP contribution in [0.25, 0.3) is 10.9 Å². The number of likely N-dealkylation sites (tertiary alicyclic amines) is 1. The molecule has 2 aliphatic heterocycles. The highest BCUT2D eigenvalue weighted by molar-refractivity contribution is 5.84. The Balaban J connectivity index is 1.15. The zero-order chi connectivity index (χ0) is 18.9. The Morgan fingerprint density at radius 1 is 0.964 bits per heavy atom. The van der Waals surface area contributed by atoms with Crippen molar-refractivity contribution in [2.75, 3.05) is 39.3 Å². The van der Waals surface area contributed by atoms with Crippen LogP contribution in [0.15, 0.2) is 36.5 Å². The molecule has 2 saturated heterocycles. The number of nitrogens with zero attached hydrogens (tertiary/aromatic N) is 4. The molecule has 148 valence electrons. The quantitative estimate of drug-likeness (QED) is 0.821. The molecule has 1 aliphatic carbocycles. The minimum atomic E-state index is 0.0632. The number of carbonyl (C=O) groups excluding carboxylic acids is 1. The number of aromatic nitrogens is 1. The Morgan fingerprint density at radius 2 is 1.82 bits per heavy atom. The Labute approximate surface area is 166 Å². The number of hydrogen-bond donors (Lipinski definition) is 0. The van der Waals surface area contributed by atoms with E-state index in [0.717, 1.165) is 55.3 Å². The van der Waals surface area contributed by atoms with E-state index in [0.29, 0.717) is 13.1 Å². The summed E-state index contributed by atoms with van der Waals surface area (Å²) in [7, 11) is 0. The first-order valence-electron chi connectivity index (χ1n) is 10.6. The molecule has 5 rings (SSSR count). The number of pyridine rings is 1. The van der Waals surface area contributed by atoms with Crippen molar-refractivity contribution in [2.45, 2.75) is 37.8 Å². The van der Waals surface area contributed by atoms with E-state index >= 15 is 0 Å². The molecule has 3 aliphatic rings. The molecule has 0 unspecified atom stereocenters. The van der Waals surface area contributed by atoms with Crippen LogP contribution in [0.1, 0.15) is 25.7 Å². The monoisotopic (exact) mass is 380 g/mol. The molecule has 3 heterocycles. The maximum absolute atomic E-state index is 12.9. The lowest BCUT2D eigenvalue weighted by atomic mass is 9.91. The van der Waals surface area contributed by atoms with Crippen molar-refractivity contribution in [1.29, 1.82) is 0 Å². The van der Waals surface area contributed by atoms with Gasteiger partial charge in [-0.25, -0.2) is 4.79 Å². The lowest BCUT2D eigenvalue weighted by Gasteiger charge is -2.41. The molecular weight excluding hydrogens is 352 g/mol. The van der Waals surface area contributed by atoms with Gasteiger partial charge in [0.25, 0.3) is 0 Å². The fourth-order valence-corrected chi connectivity index (χ4v) is 4.47. The molecule has 0 radical (unpaired) electrons. The van der Waals surface area contributed by atoms with Crippen molar-refractivity contribution in [2.24, 2.45) is 0 Å². The van der Waals surface area contributed by atoms with Crippen molar-refractivity contribution >= 4 is 16.9 Å². The predicted octanol–water partition coefficient (Wildman–Crippen LogP) is 2.98. The van der Waals surface area contributed by atoms with Crippen LogP contribution in [0.3, 0.4) is 0 Å². The Bertz CT molecular complexity index is 842. The van der Waals surface area contributed by atoms with Gasteiger partial charge in [-0.15, -0.1) is 0 Å². The van der Waals surface area contributed by atoms with Gasteiger partial charge in [0, 0.05) is 43.8 Å². The smallest absolute Gasteiger partial charge is 0.320 e. The average Bonchev–Trinajstić information content (AvgIpc) is 2.89. The first kappa shape index (κ1) is 17.7. The topological polar surface area (TPSA) is 48.9 Å². The molecule has 3 fully saturated rings. The van der Waals surface area contributed by atoms with Gasteiger partial charge in [0.1, 0.15) is 11.9 Å². The van der Waals surface area contributed by atoms with Gasteiger partial charge >= 0.3 is 6.03 Å². The third-order valence-electron chi connectivity index (χ3n) is 6.41. The number of ether oxygens (including phenoxy) is 1. The number of hydrogen-bond acceptors (Lipinski definition) is 4. The molecular formula is C22H28N4O2. The first-order valence-corrected chi connectivity index (χ1v) is 10.6. The summed E-state index contributed by atoms with van der Waals surface area (Å²) in [4.78, 5) is 23.8. The summed E-state index contributed by atoms with van der Waals surface area (Å²) in [6, 6.07) is 10.9. The predicted molar refractivity (Wildman–Crippen MR) is 109 cm³/mol. The highest BCUT2D eigenvalue weighted by atomic mass is 16.5. The van der Waals surface area contributed by atoms with Crippen LogP contribution in [0.5, 0.6) is 5.75 Å². The standard InChI is InChI=1S/C22H28N4O2/c27-22(25-12-4-11-24(13-14-25)17-5-3-6-17)26-15-18(16-26)28-21-9-10-23-20-8-2-1-7-19(20)21/h1-2,7-10,17-18H,3-6,11-16H2. The average molecular weight is 380 g/mol. The van der Waals surface area contributed by atoms with E-state index in [1.807, 2.05) is 40.1 Å². The number of fused-ring (bicyclic) bond motifs is 1. The van der Waals surface area contributed by atoms with Crippen LogP contribution in [0.2, 0.25) is 0 Å². The molecule has 2 amide bonds. The summed E-state index contributed by atoms with van der Waals surface area (Å²) in [6.07, 6.45) is 6.97. The third-order valence-corrected chi connectivity index (χ3v) is 6.41. The number of benzene rings is 1. The summed E-state index contributed by atoms with van der Waals surface area (Å²) in [5, 5.41) is 1.03. The molecule has 1 saturated carbocycles. The summed E-state index contributed by atoms with van der Waals surface area (Å²) < 4.78 is 6.17. The maximum atomic E-state index is 12.9. The molecule has 0 spiro atoms. The van der Waals surface area contributed by atoms with Crippen LogP contribution in [-0.4, -0.2) is 77.1 Å². The molecule has 28 heavy (non-hydrogen) atoms. The molecule has 0 N–H and O–H groups in total. The third kappa shape index (κ3) is 3.41. The van der Waals surface area contributed by atoms with Gasteiger partial charge in [0.15, 0.2) is 0 Å². The van der Waals surface area contributed by atoms with Crippen molar-refractivity contribution in [3.05, 3.63) is 36.5 Å².